The first-order valence-electron chi connectivity index (χ1n) is 11.6. The molecule has 0 fully saturated rings. The van der Waals surface area contributed by atoms with Gasteiger partial charge in [-0.05, 0) is 71.0 Å². The zero-order chi connectivity index (χ0) is 25.9. The molecule has 0 bridgehead atoms. The van der Waals surface area contributed by atoms with Crippen LogP contribution in [0.1, 0.15) is 31.9 Å². The third-order valence-electron chi connectivity index (χ3n) is 6.77. The summed E-state index contributed by atoms with van der Waals surface area (Å²) < 4.78 is 24.2. The topological polar surface area (TPSA) is 60.7 Å². The van der Waals surface area contributed by atoms with Gasteiger partial charge in [0.1, 0.15) is 23.3 Å². The fourth-order valence-electron chi connectivity index (χ4n) is 3.91. The Hall–Kier alpha value is -2.79. The summed E-state index contributed by atoms with van der Waals surface area (Å²) in [5.41, 5.74) is 1.19. The first-order chi connectivity index (χ1) is 16.5. The van der Waals surface area contributed by atoms with Gasteiger partial charge in [0.25, 0.3) is 0 Å². The van der Waals surface area contributed by atoms with Gasteiger partial charge in [-0.25, -0.2) is 0 Å². The van der Waals surface area contributed by atoms with Crippen molar-refractivity contribution in [3.63, 3.8) is 0 Å². The number of hydrogen-bond acceptors (Lipinski definition) is 6. The van der Waals surface area contributed by atoms with E-state index in [2.05, 4.69) is 57.4 Å². The molecule has 3 aromatic rings. The van der Waals surface area contributed by atoms with Crippen molar-refractivity contribution in [2.24, 2.45) is 0 Å². The van der Waals surface area contributed by atoms with E-state index in [4.69, 9.17) is 18.6 Å². The van der Waals surface area contributed by atoms with Crippen LogP contribution in [0.4, 0.5) is 0 Å². The van der Waals surface area contributed by atoms with Gasteiger partial charge < -0.3 is 18.6 Å². The summed E-state index contributed by atoms with van der Waals surface area (Å²) in [6.45, 7) is 10.8. The normalized spacial score (nSPS) is 13.6. The van der Waals surface area contributed by atoms with E-state index in [9.17, 15) is 5.26 Å². The summed E-state index contributed by atoms with van der Waals surface area (Å²) in [5.74, 6) is 1.81. The standard InChI is InChI=1S/C28H35NO4SSi/c1-27(2,3)35(7,8)33-28(19-29,26-23(31-5)11-9-12-24(26)32-6)18-21-17-20(14-15-22(21)30-4)25-13-10-16-34-25/h9-17H,18H2,1-8H3. The third-order valence-corrected chi connectivity index (χ3v) is 12.2. The van der Waals surface area contributed by atoms with E-state index in [1.165, 1.54) is 0 Å². The highest BCUT2D eigenvalue weighted by Crippen LogP contribution is 2.48. The summed E-state index contributed by atoms with van der Waals surface area (Å²) >= 11 is 1.67. The predicted octanol–water partition coefficient (Wildman–Crippen LogP) is 7.42. The van der Waals surface area contributed by atoms with Crippen LogP contribution in [-0.4, -0.2) is 29.6 Å². The molecule has 0 N–H and O–H groups in total. The van der Waals surface area contributed by atoms with Crippen LogP contribution in [0.2, 0.25) is 18.1 Å². The van der Waals surface area contributed by atoms with Crippen molar-refractivity contribution >= 4 is 19.7 Å². The molecule has 5 nitrogen and oxygen atoms in total. The molecule has 3 rings (SSSR count). The summed E-state index contributed by atoms with van der Waals surface area (Å²) in [7, 11) is 2.42. The summed E-state index contributed by atoms with van der Waals surface area (Å²) in [5, 5.41) is 12.8. The lowest BCUT2D eigenvalue weighted by Crippen LogP contribution is -2.49. The maximum absolute atomic E-state index is 10.9. The molecule has 0 radical (unpaired) electrons. The number of hydrogen-bond donors (Lipinski definition) is 0. The van der Waals surface area contributed by atoms with Gasteiger partial charge >= 0.3 is 0 Å². The van der Waals surface area contributed by atoms with Crippen molar-refractivity contribution in [3.8, 4) is 33.8 Å². The molecule has 0 aliphatic carbocycles. The van der Waals surface area contributed by atoms with Gasteiger partial charge in [0.15, 0.2) is 13.9 Å². The fraction of sp³-hybridized carbons (Fsp3) is 0.393. The Balaban J connectivity index is 2.29. The van der Waals surface area contributed by atoms with Crippen molar-refractivity contribution in [3.05, 3.63) is 65.0 Å². The molecule has 186 valence electrons. The highest BCUT2D eigenvalue weighted by molar-refractivity contribution is 7.13. The molecule has 1 unspecified atom stereocenters. The van der Waals surface area contributed by atoms with E-state index in [-0.39, 0.29) is 11.5 Å². The minimum Gasteiger partial charge on any atom is -0.496 e. The van der Waals surface area contributed by atoms with Crippen LogP contribution in [0.25, 0.3) is 10.4 Å². The molecule has 7 heteroatoms. The average molecular weight is 510 g/mol. The Morgan fingerprint density at radius 1 is 0.886 bits per heavy atom. The molecule has 2 aromatic carbocycles. The Morgan fingerprint density at radius 2 is 1.51 bits per heavy atom. The van der Waals surface area contributed by atoms with Crippen molar-refractivity contribution in [2.45, 2.75) is 50.9 Å². The van der Waals surface area contributed by atoms with Crippen LogP contribution in [0.5, 0.6) is 17.2 Å². The van der Waals surface area contributed by atoms with Crippen molar-refractivity contribution < 1.29 is 18.6 Å². The lowest BCUT2D eigenvalue weighted by molar-refractivity contribution is 0.102. The molecule has 1 heterocycles. The van der Waals surface area contributed by atoms with Crippen LogP contribution in [0.15, 0.2) is 53.9 Å². The fourth-order valence-corrected chi connectivity index (χ4v) is 6.03. The van der Waals surface area contributed by atoms with Gasteiger partial charge in [-0.2, -0.15) is 5.26 Å². The number of ether oxygens (including phenoxy) is 3. The van der Waals surface area contributed by atoms with Gasteiger partial charge in [-0.1, -0.05) is 32.9 Å². The number of methoxy groups -OCH3 is 3. The number of thiophene rings is 1. The third kappa shape index (κ3) is 5.40. The Bertz CT molecular complexity index is 1170. The molecule has 0 saturated heterocycles. The van der Waals surface area contributed by atoms with E-state index in [1.54, 1.807) is 32.7 Å². The van der Waals surface area contributed by atoms with E-state index >= 15 is 0 Å². The number of benzene rings is 2. The lowest BCUT2D eigenvalue weighted by Gasteiger charge is -2.43. The number of rotatable bonds is 9. The van der Waals surface area contributed by atoms with Gasteiger partial charge in [-0.15, -0.1) is 11.3 Å². The second-order valence-corrected chi connectivity index (χ2v) is 15.7. The van der Waals surface area contributed by atoms with Crippen LogP contribution >= 0.6 is 11.3 Å². The summed E-state index contributed by atoms with van der Waals surface area (Å²) in [6, 6.07) is 18.3. The molecule has 35 heavy (non-hydrogen) atoms. The van der Waals surface area contributed by atoms with Gasteiger partial charge in [-0.3, -0.25) is 0 Å². The van der Waals surface area contributed by atoms with Crippen molar-refractivity contribution in [1.82, 2.24) is 0 Å². The maximum atomic E-state index is 10.9. The lowest BCUT2D eigenvalue weighted by atomic mass is 9.86. The van der Waals surface area contributed by atoms with Crippen LogP contribution in [-0.2, 0) is 16.4 Å². The van der Waals surface area contributed by atoms with E-state index in [0.29, 0.717) is 22.8 Å². The summed E-state index contributed by atoms with van der Waals surface area (Å²) in [4.78, 5) is 1.15. The Morgan fingerprint density at radius 3 is 2.00 bits per heavy atom. The number of nitrogens with zero attached hydrogens (tertiary/aromatic N) is 1. The molecule has 1 aromatic heterocycles. The molecule has 0 aliphatic rings. The molecule has 0 aliphatic heterocycles. The first-order valence-corrected chi connectivity index (χ1v) is 15.3. The van der Waals surface area contributed by atoms with Gasteiger partial charge in [0.2, 0.25) is 0 Å². The van der Waals surface area contributed by atoms with Crippen molar-refractivity contribution in [2.75, 3.05) is 21.3 Å². The second-order valence-electron chi connectivity index (χ2n) is 10.0. The smallest absolute Gasteiger partial charge is 0.194 e. The minimum absolute atomic E-state index is 0.118. The Labute approximate surface area is 214 Å². The average Bonchev–Trinajstić information content (AvgIpc) is 3.37. The maximum Gasteiger partial charge on any atom is 0.194 e. The van der Waals surface area contributed by atoms with Crippen LogP contribution < -0.4 is 14.2 Å². The monoisotopic (exact) mass is 509 g/mol. The predicted molar refractivity (Wildman–Crippen MR) is 145 cm³/mol. The Kier molecular flexibility index (Phi) is 8.00. The SMILES string of the molecule is COc1ccc(-c2cccs2)cc1CC(C#N)(O[Si](C)(C)C(C)(C)C)c1c(OC)cccc1OC. The largest absolute Gasteiger partial charge is 0.496 e. The van der Waals surface area contributed by atoms with E-state index in [0.717, 1.165) is 16.0 Å². The minimum atomic E-state index is -2.44. The zero-order valence-electron chi connectivity index (χ0n) is 21.9. The van der Waals surface area contributed by atoms with Crippen molar-refractivity contribution in [1.29, 1.82) is 5.26 Å². The quantitative estimate of drug-likeness (QED) is 0.281. The highest BCUT2D eigenvalue weighted by Gasteiger charge is 2.49. The second kappa shape index (κ2) is 10.4. The zero-order valence-corrected chi connectivity index (χ0v) is 23.7. The summed E-state index contributed by atoms with van der Waals surface area (Å²) in [6.07, 6.45) is 0.273. The van der Waals surface area contributed by atoms with E-state index < -0.39 is 13.9 Å². The highest BCUT2D eigenvalue weighted by atomic mass is 32.1. The van der Waals surface area contributed by atoms with Crippen LogP contribution in [0.3, 0.4) is 0 Å². The molecular weight excluding hydrogens is 474 g/mol. The van der Waals surface area contributed by atoms with Gasteiger partial charge in [0.05, 0.1) is 26.9 Å². The molecule has 0 spiro atoms. The molecule has 0 saturated carbocycles. The van der Waals surface area contributed by atoms with Gasteiger partial charge in [0, 0.05) is 11.3 Å². The molecular formula is C28H35NO4SSi. The van der Waals surface area contributed by atoms with Crippen LogP contribution in [0, 0.1) is 11.3 Å². The first kappa shape index (κ1) is 26.8. The van der Waals surface area contributed by atoms with E-state index in [1.807, 2.05) is 36.4 Å². The number of nitriles is 1. The molecule has 0 amide bonds. The molecule has 1 atom stereocenters.